The van der Waals surface area contributed by atoms with Crippen LogP contribution in [0.3, 0.4) is 0 Å². The van der Waals surface area contributed by atoms with E-state index in [1.54, 1.807) is 40.4 Å². The summed E-state index contributed by atoms with van der Waals surface area (Å²) in [6.07, 6.45) is 5.01. The van der Waals surface area contributed by atoms with E-state index in [-0.39, 0.29) is 5.62 Å². The van der Waals surface area contributed by atoms with Crippen LogP contribution in [-0.2, 0) is 13.0 Å². The molecule has 11 heteroatoms. The van der Waals surface area contributed by atoms with Crippen LogP contribution in [0.2, 0.25) is 0 Å². The molecule has 0 unspecified atom stereocenters. The number of nitrogens with zero attached hydrogens (tertiary/aromatic N) is 5. The predicted octanol–water partition coefficient (Wildman–Crippen LogP) is 2.72. The number of aromatic hydroxyl groups is 1. The van der Waals surface area contributed by atoms with Gasteiger partial charge in [0.15, 0.2) is 11.5 Å². The highest BCUT2D eigenvalue weighted by atomic mass is 127. The van der Waals surface area contributed by atoms with Crippen molar-refractivity contribution in [3.63, 3.8) is 0 Å². The number of halogens is 1. The Morgan fingerprint density at radius 2 is 2.14 bits per heavy atom. The van der Waals surface area contributed by atoms with Crippen LogP contribution in [0.4, 0.5) is 17.4 Å². The second-order valence-corrected chi connectivity index (χ2v) is 7.76. The van der Waals surface area contributed by atoms with Gasteiger partial charge in [-0.1, -0.05) is 6.07 Å². The largest absolute Gasteiger partial charge is 0.507 e. The summed E-state index contributed by atoms with van der Waals surface area (Å²) in [5.74, 6) is 1.40. The Balaban J connectivity index is 1.37. The van der Waals surface area contributed by atoms with E-state index in [2.05, 4.69) is 43.4 Å². The van der Waals surface area contributed by atoms with E-state index in [9.17, 15) is 5.11 Å². The lowest BCUT2D eigenvalue weighted by atomic mass is 10.1. The molecule has 0 atom stereocenters. The third-order valence-electron chi connectivity index (χ3n) is 4.68. The van der Waals surface area contributed by atoms with E-state index in [0.29, 0.717) is 35.3 Å². The van der Waals surface area contributed by atoms with Crippen molar-refractivity contribution in [1.82, 2.24) is 19.2 Å². The zero-order valence-corrected chi connectivity index (χ0v) is 17.3. The van der Waals surface area contributed by atoms with Crippen LogP contribution in [0, 0.1) is 8.98 Å². The SMILES string of the molecule is N=c1nc2c(c3ncn(CCCc4ccc(O)c(I)c4)n13)NN(c1ccco1)N2. The Hall–Kier alpha value is -3.22. The number of rotatable bonds is 5. The number of benzene rings is 1. The molecule has 0 fully saturated rings. The van der Waals surface area contributed by atoms with Crippen molar-refractivity contribution in [3.8, 4) is 5.75 Å². The fraction of sp³-hybridized carbons (Fsp3) is 0.167. The molecule has 4 N–H and O–H groups in total. The van der Waals surface area contributed by atoms with Gasteiger partial charge in [-0.05, 0) is 59.2 Å². The van der Waals surface area contributed by atoms with E-state index in [0.717, 1.165) is 22.0 Å². The molecule has 1 aliphatic heterocycles. The second-order valence-electron chi connectivity index (χ2n) is 6.60. The zero-order chi connectivity index (χ0) is 20.0. The van der Waals surface area contributed by atoms with Crippen LogP contribution in [-0.4, -0.2) is 24.3 Å². The minimum absolute atomic E-state index is 0.0889. The second kappa shape index (κ2) is 6.99. The molecule has 0 spiro atoms. The predicted molar refractivity (Wildman–Crippen MR) is 114 cm³/mol. The number of hydrogen-bond donors (Lipinski definition) is 4. The smallest absolute Gasteiger partial charge is 0.245 e. The number of fused-ring (bicyclic) bond motifs is 3. The number of furan rings is 1. The molecule has 3 aromatic heterocycles. The minimum atomic E-state index is 0.0889. The van der Waals surface area contributed by atoms with Gasteiger partial charge in [0.05, 0.1) is 9.83 Å². The lowest BCUT2D eigenvalue weighted by Gasteiger charge is -2.13. The number of phenolic OH excluding ortho intramolecular Hbond substituents is 1. The third kappa shape index (κ3) is 3.16. The molecule has 0 saturated carbocycles. The van der Waals surface area contributed by atoms with Gasteiger partial charge in [0.25, 0.3) is 0 Å². The molecule has 1 aliphatic rings. The molecular formula is C18H17IN8O2. The summed E-state index contributed by atoms with van der Waals surface area (Å²) in [6.45, 7) is 0.681. The van der Waals surface area contributed by atoms with Crippen molar-refractivity contribution in [3.05, 3.63) is 57.7 Å². The maximum atomic E-state index is 9.65. The van der Waals surface area contributed by atoms with Gasteiger partial charge in [-0.2, -0.15) is 14.6 Å². The maximum Gasteiger partial charge on any atom is 0.245 e. The number of aryl methyl sites for hydroxylation is 2. The molecular weight excluding hydrogens is 487 g/mol. The average Bonchev–Trinajstić information content (AvgIpc) is 3.43. The highest BCUT2D eigenvalue weighted by Gasteiger charge is 2.26. The summed E-state index contributed by atoms with van der Waals surface area (Å²) in [4.78, 5) is 8.84. The number of anilines is 3. The van der Waals surface area contributed by atoms with E-state index in [1.807, 2.05) is 16.8 Å². The molecule has 10 nitrogen and oxygen atoms in total. The normalized spacial score (nSPS) is 12.8. The summed E-state index contributed by atoms with van der Waals surface area (Å²) in [5.41, 5.74) is 8.79. The zero-order valence-electron chi connectivity index (χ0n) is 15.1. The van der Waals surface area contributed by atoms with Crippen LogP contribution >= 0.6 is 22.6 Å². The Kier molecular flexibility index (Phi) is 4.30. The van der Waals surface area contributed by atoms with Gasteiger partial charge in [-0.15, -0.1) is 0 Å². The molecule has 29 heavy (non-hydrogen) atoms. The highest BCUT2D eigenvalue weighted by molar-refractivity contribution is 14.1. The van der Waals surface area contributed by atoms with Gasteiger partial charge >= 0.3 is 0 Å². The summed E-state index contributed by atoms with van der Waals surface area (Å²) in [7, 11) is 0. The lowest BCUT2D eigenvalue weighted by Crippen LogP contribution is -2.29. The van der Waals surface area contributed by atoms with Gasteiger partial charge in [0.2, 0.25) is 11.5 Å². The van der Waals surface area contributed by atoms with Crippen LogP contribution in [0.15, 0.2) is 47.3 Å². The first-order valence-corrected chi connectivity index (χ1v) is 10.0. The molecule has 0 aliphatic carbocycles. The van der Waals surface area contributed by atoms with E-state index < -0.39 is 0 Å². The summed E-state index contributed by atoms with van der Waals surface area (Å²) in [6, 6.07) is 9.23. The maximum absolute atomic E-state index is 9.65. The quantitative estimate of drug-likeness (QED) is 0.309. The van der Waals surface area contributed by atoms with Crippen molar-refractivity contribution in [2.45, 2.75) is 19.4 Å². The summed E-state index contributed by atoms with van der Waals surface area (Å²) < 4.78 is 9.79. The van der Waals surface area contributed by atoms with Crippen LogP contribution in [0.1, 0.15) is 12.0 Å². The summed E-state index contributed by atoms with van der Waals surface area (Å²) >= 11 is 2.12. The number of phenols is 1. The molecule has 0 saturated heterocycles. The highest BCUT2D eigenvalue weighted by Crippen LogP contribution is 2.31. The first-order valence-electron chi connectivity index (χ1n) is 8.97. The number of hydrogen-bond acceptors (Lipinski definition) is 8. The Morgan fingerprint density at radius 1 is 1.24 bits per heavy atom. The molecule has 5 rings (SSSR count). The van der Waals surface area contributed by atoms with Gasteiger partial charge < -0.3 is 9.52 Å². The molecule has 0 radical (unpaired) electrons. The van der Waals surface area contributed by atoms with Gasteiger partial charge in [-0.25, -0.2) is 4.98 Å². The lowest BCUT2D eigenvalue weighted by molar-refractivity contribution is 0.471. The molecule has 4 aromatic rings. The monoisotopic (exact) mass is 504 g/mol. The molecule has 148 valence electrons. The van der Waals surface area contributed by atoms with Crippen LogP contribution < -0.4 is 21.6 Å². The van der Waals surface area contributed by atoms with E-state index in [1.165, 1.54) is 0 Å². The van der Waals surface area contributed by atoms with Gasteiger partial charge in [0, 0.05) is 12.6 Å². The van der Waals surface area contributed by atoms with Crippen molar-refractivity contribution in [2.75, 3.05) is 16.0 Å². The first kappa shape index (κ1) is 17.8. The van der Waals surface area contributed by atoms with Gasteiger partial charge in [-0.3, -0.25) is 20.9 Å². The van der Waals surface area contributed by atoms with Crippen molar-refractivity contribution in [1.29, 1.82) is 5.41 Å². The van der Waals surface area contributed by atoms with Crippen molar-refractivity contribution < 1.29 is 9.52 Å². The fourth-order valence-electron chi connectivity index (χ4n) is 3.30. The Morgan fingerprint density at radius 3 is 2.93 bits per heavy atom. The average molecular weight is 504 g/mol. The topological polar surface area (TPSA) is 120 Å². The molecule has 0 amide bonds. The summed E-state index contributed by atoms with van der Waals surface area (Å²) in [5, 5.41) is 19.6. The Labute approximate surface area is 178 Å². The fourth-order valence-corrected chi connectivity index (χ4v) is 3.88. The molecule has 0 bridgehead atoms. The van der Waals surface area contributed by atoms with Crippen molar-refractivity contribution in [2.24, 2.45) is 0 Å². The first-order chi connectivity index (χ1) is 14.1. The molecule has 1 aromatic carbocycles. The van der Waals surface area contributed by atoms with Crippen molar-refractivity contribution >= 4 is 45.6 Å². The standard InChI is InChI=1S/C18H17IN8O2/c19-12-9-11(5-6-13(12)28)3-1-7-25-10-21-17-15-16(22-18(20)26(17)25)24-27(23-15)14-4-2-8-29-14/h2,4-6,8-10,23,28H,1,3,7H2,(H2,20,22,24). The van der Waals surface area contributed by atoms with Gasteiger partial charge in [0.1, 0.15) is 17.8 Å². The van der Waals surface area contributed by atoms with E-state index in [4.69, 9.17) is 9.83 Å². The molecule has 4 heterocycles. The van der Waals surface area contributed by atoms with Crippen LogP contribution in [0.5, 0.6) is 5.75 Å². The minimum Gasteiger partial charge on any atom is -0.507 e. The number of hydrazine groups is 2. The number of nitrogens with one attached hydrogen (secondary N) is 3. The van der Waals surface area contributed by atoms with E-state index >= 15 is 0 Å². The van der Waals surface area contributed by atoms with Crippen LogP contribution in [0.25, 0.3) is 5.65 Å². The number of aromatic nitrogens is 4. The third-order valence-corrected chi connectivity index (χ3v) is 5.55. The Bertz CT molecular complexity index is 1250.